The lowest BCUT2D eigenvalue weighted by Crippen LogP contribution is -2.19. The molecule has 0 fully saturated rings. The van der Waals surface area contributed by atoms with Gasteiger partial charge in [-0.1, -0.05) is 24.3 Å². The summed E-state index contributed by atoms with van der Waals surface area (Å²) in [7, 11) is 1.33. The molecule has 0 unspecified atom stereocenters. The van der Waals surface area contributed by atoms with Gasteiger partial charge in [0.1, 0.15) is 0 Å². The maximum Gasteiger partial charge on any atom is 0.330 e. The average molecular weight is 233 g/mol. The SMILES string of the molecule is COC(=O)/C=C/c1ccccc1CNC(C)=O. The first-order valence-electron chi connectivity index (χ1n) is 5.22. The molecule has 0 radical (unpaired) electrons. The van der Waals surface area contributed by atoms with Crippen LogP contribution >= 0.6 is 0 Å². The van der Waals surface area contributed by atoms with Crippen molar-refractivity contribution in [2.24, 2.45) is 0 Å². The molecule has 1 N–H and O–H groups in total. The van der Waals surface area contributed by atoms with Crippen molar-refractivity contribution in [1.82, 2.24) is 5.32 Å². The number of hydrogen-bond acceptors (Lipinski definition) is 3. The van der Waals surface area contributed by atoms with E-state index in [9.17, 15) is 9.59 Å². The van der Waals surface area contributed by atoms with E-state index >= 15 is 0 Å². The van der Waals surface area contributed by atoms with Gasteiger partial charge in [-0.05, 0) is 17.2 Å². The third-order valence-corrected chi connectivity index (χ3v) is 2.18. The van der Waals surface area contributed by atoms with E-state index in [-0.39, 0.29) is 5.91 Å². The van der Waals surface area contributed by atoms with Crippen molar-refractivity contribution in [3.63, 3.8) is 0 Å². The first-order valence-corrected chi connectivity index (χ1v) is 5.22. The monoisotopic (exact) mass is 233 g/mol. The molecule has 1 rings (SSSR count). The Bertz CT molecular complexity index is 438. The van der Waals surface area contributed by atoms with Crippen molar-refractivity contribution < 1.29 is 14.3 Å². The number of benzene rings is 1. The van der Waals surface area contributed by atoms with Crippen molar-refractivity contribution in [1.29, 1.82) is 0 Å². The zero-order chi connectivity index (χ0) is 12.7. The summed E-state index contributed by atoms with van der Waals surface area (Å²) in [5, 5.41) is 2.71. The van der Waals surface area contributed by atoms with Crippen LogP contribution in [0.1, 0.15) is 18.1 Å². The van der Waals surface area contributed by atoms with Crippen LogP contribution in [-0.4, -0.2) is 19.0 Å². The molecule has 0 heterocycles. The molecule has 0 aromatic heterocycles. The van der Waals surface area contributed by atoms with Crippen LogP contribution in [0.4, 0.5) is 0 Å². The predicted octanol–water partition coefficient (Wildman–Crippen LogP) is 1.51. The summed E-state index contributed by atoms with van der Waals surface area (Å²) in [6.07, 6.45) is 3.02. The average Bonchev–Trinajstić information content (AvgIpc) is 2.34. The Labute approximate surface area is 100 Å². The second-order valence-corrected chi connectivity index (χ2v) is 3.47. The maximum atomic E-state index is 11.0. The molecular weight excluding hydrogens is 218 g/mol. The summed E-state index contributed by atoms with van der Waals surface area (Å²) in [6.45, 7) is 1.91. The van der Waals surface area contributed by atoms with Crippen LogP contribution in [0.5, 0.6) is 0 Å². The van der Waals surface area contributed by atoms with E-state index in [0.29, 0.717) is 6.54 Å². The fraction of sp³-hybridized carbons (Fsp3) is 0.231. The second kappa shape index (κ2) is 6.48. The van der Waals surface area contributed by atoms with Gasteiger partial charge in [0.05, 0.1) is 7.11 Å². The molecular formula is C13H15NO3. The summed E-state index contributed by atoms with van der Waals surface area (Å²) in [5.74, 6) is -0.490. The molecule has 17 heavy (non-hydrogen) atoms. The van der Waals surface area contributed by atoms with E-state index in [1.165, 1.54) is 20.1 Å². The molecule has 0 aliphatic carbocycles. The number of amides is 1. The van der Waals surface area contributed by atoms with Crippen LogP contribution in [0.3, 0.4) is 0 Å². The van der Waals surface area contributed by atoms with Crippen molar-refractivity contribution in [2.45, 2.75) is 13.5 Å². The Morgan fingerprint density at radius 1 is 1.35 bits per heavy atom. The number of carbonyl (C=O) groups is 2. The maximum absolute atomic E-state index is 11.0. The number of hydrogen-bond donors (Lipinski definition) is 1. The van der Waals surface area contributed by atoms with Crippen molar-refractivity contribution in [2.75, 3.05) is 7.11 Å². The quantitative estimate of drug-likeness (QED) is 0.633. The van der Waals surface area contributed by atoms with Gasteiger partial charge in [0, 0.05) is 19.5 Å². The predicted molar refractivity (Wildman–Crippen MR) is 65.0 cm³/mol. The van der Waals surface area contributed by atoms with Gasteiger partial charge >= 0.3 is 5.97 Å². The lowest BCUT2D eigenvalue weighted by Gasteiger charge is -2.06. The lowest BCUT2D eigenvalue weighted by atomic mass is 10.1. The molecule has 0 aliphatic heterocycles. The van der Waals surface area contributed by atoms with Crippen LogP contribution in [0, 0.1) is 0 Å². The van der Waals surface area contributed by atoms with Crippen molar-refractivity contribution >= 4 is 18.0 Å². The van der Waals surface area contributed by atoms with Gasteiger partial charge in [-0.2, -0.15) is 0 Å². The molecule has 1 aromatic rings. The second-order valence-electron chi connectivity index (χ2n) is 3.47. The highest BCUT2D eigenvalue weighted by atomic mass is 16.5. The van der Waals surface area contributed by atoms with E-state index in [1.807, 2.05) is 24.3 Å². The van der Waals surface area contributed by atoms with Crippen LogP contribution in [0.2, 0.25) is 0 Å². The minimum Gasteiger partial charge on any atom is -0.466 e. The molecule has 1 amide bonds. The number of ether oxygens (including phenoxy) is 1. The lowest BCUT2D eigenvalue weighted by molar-refractivity contribution is -0.134. The summed E-state index contributed by atoms with van der Waals surface area (Å²) in [4.78, 5) is 21.8. The fourth-order valence-corrected chi connectivity index (χ4v) is 1.30. The summed E-state index contributed by atoms with van der Waals surface area (Å²) in [6, 6.07) is 7.52. The fourth-order valence-electron chi connectivity index (χ4n) is 1.30. The van der Waals surface area contributed by atoms with Crippen LogP contribution in [-0.2, 0) is 20.9 Å². The molecule has 0 spiro atoms. The highest BCUT2D eigenvalue weighted by Crippen LogP contribution is 2.10. The van der Waals surface area contributed by atoms with Gasteiger partial charge < -0.3 is 10.1 Å². The normalized spacial score (nSPS) is 10.2. The molecule has 0 saturated heterocycles. The Hall–Kier alpha value is -2.10. The summed E-state index contributed by atoms with van der Waals surface area (Å²) >= 11 is 0. The Morgan fingerprint density at radius 2 is 2.06 bits per heavy atom. The van der Waals surface area contributed by atoms with Crippen LogP contribution in [0.25, 0.3) is 6.08 Å². The molecule has 4 nitrogen and oxygen atoms in total. The van der Waals surface area contributed by atoms with E-state index in [1.54, 1.807) is 6.08 Å². The van der Waals surface area contributed by atoms with Crippen LogP contribution in [0.15, 0.2) is 30.3 Å². The van der Waals surface area contributed by atoms with Crippen molar-refractivity contribution in [3.8, 4) is 0 Å². The molecule has 0 atom stereocenters. The van der Waals surface area contributed by atoms with Gasteiger partial charge in [0.2, 0.25) is 5.91 Å². The number of esters is 1. The van der Waals surface area contributed by atoms with Gasteiger partial charge in [-0.25, -0.2) is 4.79 Å². The Balaban J connectivity index is 2.80. The van der Waals surface area contributed by atoms with E-state index in [0.717, 1.165) is 11.1 Å². The number of carbonyl (C=O) groups excluding carboxylic acids is 2. The number of methoxy groups -OCH3 is 1. The minimum absolute atomic E-state index is 0.0863. The zero-order valence-corrected chi connectivity index (χ0v) is 9.90. The molecule has 0 bridgehead atoms. The molecule has 0 aliphatic rings. The van der Waals surface area contributed by atoms with Crippen molar-refractivity contribution in [3.05, 3.63) is 41.5 Å². The largest absolute Gasteiger partial charge is 0.466 e. The highest BCUT2D eigenvalue weighted by molar-refractivity contribution is 5.87. The molecule has 0 saturated carbocycles. The molecule has 4 heteroatoms. The summed E-state index contributed by atoms with van der Waals surface area (Å²) < 4.78 is 4.51. The number of nitrogens with one attached hydrogen (secondary N) is 1. The third-order valence-electron chi connectivity index (χ3n) is 2.18. The van der Waals surface area contributed by atoms with Gasteiger partial charge in [0.15, 0.2) is 0 Å². The Morgan fingerprint density at radius 3 is 2.71 bits per heavy atom. The van der Waals surface area contributed by atoms with Crippen LogP contribution < -0.4 is 5.32 Å². The van der Waals surface area contributed by atoms with Gasteiger partial charge in [0.25, 0.3) is 0 Å². The number of rotatable bonds is 4. The van der Waals surface area contributed by atoms with Gasteiger partial charge in [-0.3, -0.25) is 4.79 Å². The molecule has 1 aromatic carbocycles. The minimum atomic E-state index is -0.403. The standard InChI is InChI=1S/C13H15NO3/c1-10(15)14-9-12-6-4-3-5-11(12)7-8-13(16)17-2/h3-8H,9H2,1-2H3,(H,14,15)/b8-7+. The zero-order valence-electron chi connectivity index (χ0n) is 9.90. The van der Waals surface area contributed by atoms with E-state index < -0.39 is 5.97 Å². The summed E-state index contributed by atoms with van der Waals surface area (Å²) in [5.41, 5.74) is 1.83. The first-order chi connectivity index (χ1) is 8.13. The van der Waals surface area contributed by atoms with Gasteiger partial charge in [-0.15, -0.1) is 0 Å². The van der Waals surface area contributed by atoms with E-state index in [2.05, 4.69) is 10.1 Å². The highest BCUT2D eigenvalue weighted by Gasteiger charge is 2.00. The molecule has 90 valence electrons. The Kier molecular flexibility index (Phi) is 4.94. The van der Waals surface area contributed by atoms with E-state index in [4.69, 9.17) is 0 Å². The third kappa shape index (κ3) is 4.51. The first kappa shape index (κ1) is 13.0. The smallest absolute Gasteiger partial charge is 0.330 e. The topological polar surface area (TPSA) is 55.4 Å².